The van der Waals surface area contributed by atoms with Gasteiger partial charge in [-0.15, -0.1) is 0 Å². The first-order valence-corrected chi connectivity index (χ1v) is 14.1. The van der Waals surface area contributed by atoms with Crippen molar-refractivity contribution in [2.75, 3.05) is 58.4 Å². The second-order valence-corrected chi connectivity index (χ2v) is 10.8. The number of anilines is 1. The average molecular weight is 604 g/mol. The Morgan fingerprint density at radius 2 is 1.67 bits per heavy atom. The molecule has 14 nitrogen and oxygen atoms in total. The predicted molar refractivity (Wildman–Crippen MR) is 155 cm³/mol. The molecule has 2 fully saturated rings. The maximum atomic E-state index is 10.3. The fourth-order valence-electron chi connectivity index (χ4n) is 4.83. The van der Waals surface area contributed by atoms with Crippen molar-refractivity contribution < 1.29 is 44.3 Å². The monoisotopic (exact) mass is 603 g/mol. The Hall–Kier alpha value is -3.85. The van der Waals surface area contributed by atoms with E-state index in [1.807, 2.05) is 24.4 Å². The molecule has 0 bridgehead atoms. The third-order valence-electron chi connectivity index (χ3n) is 7.21. The van der Waals surface area contributed by atoms with E-state index in [-0.39, 0.29) is 0 Å². The summed E-state index contributed by atoms with van der Waals surface area (Å²) in [5.41, 5.74) is -0.412. The first kappa shape index (κ1) is 33.6. The van der Waals surface area contributed by atoms with E-state index < -0.39 is 36.4 Å². The van der Waals surface area contributed by atoms with Crippen LogP contribution in [0.3, 0.4) is 0 Å². The van der Waals surface area contributed by atoms with E-state index in [4.69, 9.17) is 34.9 Å². The molecule has 0 amide bonds. The van der Waals surface area contributed by atoms with Crippen LogP contribution in [0.5, 0.6) is 5.75 Å². The molecule has 43 heavy (non-hydrogen) atoms. The Kier molecular flexibility index (Phi) is 12.6. The minimum absolute atomic E-state index is 0.308. The lowest BCUT2D eigenvalue weighted by atomic mass is 9.96. The van der Waals surface area contributed by atoms with Crippen LogP contribution in [0.2, 0.25) is 0 Å². The number of piperazine rings is 1. The number of aliphatic carboxylic acids is 3. The number of ether oxygens (including phenoxy) is 2. The number of methoxy groups -OCH3 is 1. The molecular weight excluding hydrogens is 562 g/mol. The number of carboxylic acid groups (broad SMARTS) is 3. The topological polar surface area (TPSA) is 186 Å². The smallest absolute Gasteiger partial charge is 0.336 e. The number of carboxylic acids is 3. The van der Waals surface area contributed by atoms with Crippen molar-refractivity contribution in [3.8, 4) is 5.75 Å². The molecule has 4 rings (SSSR count). The highest BCUT2D eigenvalue weighted by molar-refractivity contribution is 5.88. The Bertz CT molecular complexity index is 1180. The minimum atomic E-state index is -2.74. The Balaban J connectivity index is 0.000000331. The van der Waals surface area contributed by atoms with Crippen LogP contribution in [0.25, 0.3) is 0 Å². The Morgan fingerprint density at radius 1 is 1.02 bits per heavy atom. The quantitative estimate of drug-likeness (QED) is 0.256. The molecule has 0 spiro atoms. The molecule has 0 saturated carbocycles. The Labute approximate surface area is 250 Å². The predicted octanol–water partition coefficient (Wildman–Crippen LogP) is 1.17. The molecule has 2 saturated heterocycles. The number of aromatic nitrogens is 2. The maximum absolute atomic E-state index is 10.3. The normalized spacial score (nSPS) is 17.3. The van der Waals surface area contributed by atoms with Crippen molar-refractivity contribution in [3.63, 3.8) is 0 Å². The van der Waals surface area contributed by atoms with Crippen molar-refractivity contribution >= 4 is 23.9 Å². The van der Waals surface area contributed by atoms with Gasteiger partial charge in [-0.1, -0.05) is 12.1 Å². The summed E-state index contributed by atoms with van der Waals surface area (Å²) in [5.74, 6) is -3.28. The van der Waals surface area contributed by atoms with E-state index in [0.29, 0.717) is 6.10 Å². The van der Waals surface area contributed by atoms with E-state index in [1.165, 1.54) is 5.56 Å². The third kappa shape index (κ3) is 11.1. The average Bonchev–Trinajstić information content (AvgIpc) is 3.46. The first-order valence-electron chi connectivity index (χ1n) is 14.1. The summed E-state index contributed by atoms with van der Waals surface area (Å²) >= 11 is 0. The number of likely N-dealkylation sites (N-methyl/N-ethyl adjacent to an activating group) is 1. The van der Waals surface area contributed by atoms with Gasteiger partial charge in [0, 0.05) is 58.6 Å². The third-order valence-corrected chi connectivity index (χ3v) is 7.21. The molecule has 14 heteroatoms. The van der Waals surface area contributed by atoms with Gasteiger partial charge in [-0.05, 0) is 43.7 Å². The fraction of sp³-hybridized carbons (Fsp3) is 0.552. The van der Waals surface area contributed by atoms with Gasteiger partial charge in [-0.3, -0.25) is 14.5 Å². The summed E-state index contributed by atoms with van der Waals surface area (Å²) in [7, 11) is 3.86. The van der Waals surface area contributed by atoms with Crippen LogP contribution in [0.4, 0.5) is 5.95 Å². The molecule has 0 aliphatic carbocycles. The summed E-state index contributed by atoms with van der Waals surface area (Å²) < 4.78 is 11.2. The molecule has 2 aliphatic rings. The molecule has 0 radical (unpaired) electrons. The largest absolute Gasteiger partial charge is 0.497 e. The van der Waals surface area contributed by atoms with Gasteiger partial charge in [0.1, 0.15) is 5.75 Å². The van der Waals surface area contributed by atoms with Crippen LogP contribution in [-0.4, -0.2) is 123 Å². The molecule has 2 aromatic rings. The van der Waals surface area contributed by atoms with Crippen LogP contribution >= 0.6 is 0 Å². The van der Waals surface area contributed by atoms with Gasteiger partial charge in [-0.2, -0.15) is 0 Å². The second kappa shape index (κ2) is 16.1. The molecular formula is C29H41N5O9. The molecule has 236 valence electrons. The number of rotatable bonds is 13. The van der Waals surface area contributed by atoms with Crippen molar-refractivity contribution in [3.05, 3.63) is 47.8 Å². The number of hydrogen-bond donors (Lipinski definition) is 4. The Morgan fingerprint density at radius 3 is 2.21 bits per heavy atom. The lowest BCUT2D eigenvalue weighted by Crippen LogP contribution is -2.45. The van der Waals surface area contributed by atoms with Crippen LogP contribution in [-0.2, 0) is 32.2 Å². The van der Waals surface area contributed by atoms with Crippen LogP contribution < -0.4 is 9.64 Å². The van der Waals surface area contributed by atoms with Gasteiger partial charge in [0.25, 0.3) is 0 Å². The zero-order valence-corrected chi connectivity index (χ0v) is 24.6. The fourth-order valence-corrected chi connectivity index (χ4v) is 4.83. The summed E-state index contributed by atoms with van der Waals surface area (Å²) in [6, 6.07) is 10.4. The minimum Gasteiger partial charge on any atom is -0.497 e. The van der Waals surface area contributed by atoms with Crippen LogP contribution in [0.1, 0.15) is 36.9 Å². The SMILES string of the molecule is COc1ccc(CN(Cc2ccnc(N3CCN(C)CC3)n2)CC2CCCO2)cc1.O=C(O)CC(O)(CC(=O)O)C(=O)O. The van der Waals surface area contributed by atoms with Crippen molar-refractivity contribution in [2.45, 2.75) is 50.5 Å². The zero-order chi connectivity index (χ0) is 31.4. The van der Waals surface area contributed by atoms with Gasteiger partial charge in [0.15, 0.2) is 5.60 Å². The summed E-state index contributed by atoms with van der Waals surface area (Å²) in [4.78, 5) is 47.0. The lowest BCUT2D eigenvalue weighted by Gasteiger charge is -2.32. The van der Waals surface area contributed by atoms with Crippen molar-refractivity contribution in [2.24, 2.45) is 0 Å². The molecule has 4 N–H and O–H groups in total. The summed E-state index contributed by atoms with van der Waals surface area (Å²) in [6.45, 7) is 7.50. The van der Waals surface area contributed by atoms with Gasteiger partial charge < -0.3 is 39.7 Å². The standard InChI is InChI=1S/C23H33N5O2.C6H8O7/c1-26-11-13-28(14-12-26)23-24-10-9-20(25-23)17-27(18-22-4-3-15-30-22)16-19-5-7-21(29-2)8-6-19;7-3(8)1-6(13,5(11)12)2-4(9)10/h5-10,22H,3-4,11-18H2,1-2H3;13H,1-2H2,(H,7,8)(H,9,10)(H,11,12). The van der Waals surface area contributed by atoms with Gasteiger partial charge in [-0.25, -0.2) is 14.8 Å². The maximum Gasteiger partial charge on any atom is 0.336 e. The van der Waals surface area contributed by atoms with Crippen LogP contribution in [0.15, 0.2) is 36.5 Å². The van der Waals surface area contributed by atoms with E-state index in [0.717, 1.165) is 82.7 Å². The molecule has 3 heterocycles. The number of benzene rings is 1. The summed E-state index contributed by atoms with van der Waals surface area (Å²) in [6.07, 6.45) is 2.20. The molecule has 1 aromatic heterocycles. The van der Waals surface area contributed by atoms with E-state index in [2.05, 4.69) is 38.9 Å². The molecule has 2 aliphatic heterocycles. The van der Waals surface area contributed by atoms with E-state index in [1.54, 1.807) is 7.11 Å². The highest BCUT2D eigenvalue weighted by Gasteiger charge is 2.40. The van der Waals surface area contributed by atoms with Gasteiger partial charge in [0.05, 0.1) is 31.7 Å². The van der Waals surface area contributed by atoms with Gasteiger partial charge >= 0.3 is 17.9 Å². The molecule has 1 unspecified atom stereocenters. The van der Waals surface area contributed by atoms with Crippen LogP contribution in [0, 0.1) is 0 Å². The highest BCUT2D eigenvalue weighted by Crippen LogP contribution is 2.20. The number of nitrogens with zero attached hydrogens (tertiary/aromatic N) is 5. The number of hydrogen-bond acceptors (Lipinski definition) is 11. The first-order chi connectivity index (χ1) is 20.5. The number of aliphatic hydroxyl groups is 1. The molecule has 1 aromatic carbocycles. The highest BCUT2D eigenvalue weighted by atomic mass is 16.5. The zero-order valence-electron chi connectivity index (χ0n) is 24.6. The van der Waals surface area contributed by atoms with Crippen molar-refractivity contribution in [1.82, 2.24) is 19.8 Å². The molecule has 1 atom stereocenters. The van der Waals surface area contributed by atoms with E-state index in [9.17, 15) is 14.4 Å². The van der Waals surface area contributed by atoms with Crippen molar-refractivity contribution in [1.29, 1.82) is 0 Å². The second-order valence-electron chi connectivity index (χ2n) is 10.8. The summed E-state index contributed by atoms with van der Waals surface area (Å²) in [5, 5.41) is 33.8. The lowest BCUT2D eigenvalue weighted by molar-refractivity contribution is -0.170. The van der Waals surface area contributed by atoms with E-state index >= 15 is 0 Å². The number of carbonyl (C=O) groups is 3. The van der Waals surface area contributed by atoms with Gasteiger partial charge in [0.2, 0.25) is 5.95 Å².